The number of hydrogen-bond donors (Lipinski definition) is 3. The maximum Gasteiger partial charge on any atom is 0.433 e. The van der Waals surface area contributed by atoms with E-state index in [-0.39, 0.29) is 17.4 Å². The van der Waals surface area contributed by atoms with Gasteiger partial charge in [0.2, 0.25) is 0 Å². The topological polar surface area (TPSA) is 182 Å². The van der Waals surface area contributed by atoms with Crippen LogP contribution in [0.3, 0.4) is 0 Å². The quantitative estimate of drug-likeness (QED) is 0.0878. The molecule has 0 atom stereocenters. The van der Waals surface area contributed by atoms with E-state index in [1.165, 1.54) is 60.5 Å². The minimum Gasteiger partial charge on any atom is -0.366 e. The van der Waals surface area contributed by atoms with Crippen molar-refractivity contribution in [2.45, 2.75) is 106 Å². The van der Waals surface area contributed by atoms with Crippen molar-refractivity contribution >= 4 is 43.7 Å². The number of alkyl halides is 6. The lowest BCUT2D eigenvalue weighted by Gasteiger charge is -2.12. The van der Waals surface area contributed by atoms with E-state index in [2.05, 4.69) is 55.5 Å². The summed E-state index contributed by atoms with van der Waals surface area (Å²) in [5.74, 6) is 1.93. The molecule has 9 aromatic rings. The SMILES string of the molecule is FC(F)(F)c1ccc(CNc2ccc(Cc3c[nH]c4ncnc(C5CCCC5)c34)cn2)cn1.O=S(=O)(c1ccccc1)n1cc(Cc2ccc(NCc3ccc(C(F)(F)F)nc3)nc2)c2c(C3CCCC3)ncnc21. The molecule has 2 saturated carbocycles. The fraction of sp³-hybridized carbons (Fsp3) is 0.296. The molecule has 8 aromatic heterocycles. The van der Waals surface area contributed by atoms with Gasteiger partial charge < -0.3 is 15.6 Å². The molecular weight excluding hydrogens is 995 g/mol. The van der Waals surface area contributed by atoms with E-state index < -0.39 is 33.8 Å². The third kappa shape index (κ3) is 11.6. The Bertz CT molecular complexity index is 3490. The number of H-pyrrole nitrogens is 1. The first-order valence-corrected chi connectivity index (χ1v) is 26.0. The summed E-state index contributed by atoms with van der Waals surface area (Å²) in [6.07, 6.45) is 13.9. The van der Waals surface area contributed by atoms with Crippen molar-refractivity contribution in [1.29, 1.82) is 0 Å². The molecule has 11 rings (SSSR count). The monoisotopic (exact) mass is 1040 g/mol. The number of anilines is 2. The molecule has 21 heteroatoms. The standard InChI is InChI=1S/C30H27F3N6O2S.C24H23F3N6/c31-30(32,33)25-12-10-21(16-34-25)17-36-26-13-11-20(15-35-26)14-23-18-39(42(40,41)24-8-2-1-3-9-24)29-27(23)28(37-19-38-29)22-6-4-5-7-22;25-24(26,27)19-7-5-16(11-28-19)12-30-20-8-6-15(10-29-20)9-18-13-31-23-21(18)22(32-14-33-23)17-3-1-2-4-17/h1-3,8-13,15-16,18-19,22H,4-7,14,17H2,(H,35,36);5-8,10-11,13-14,17H,1-4,9,12H2,(H,29,30)(H,31,32,33). The first kappa shape index (κ1) is 50.7. The molecule has 2 fully saturated rings. The van der Waals surface area contributed by atoms with Gasteiger partial charge in [-0.1, -0.05) is 68.1 Å². The lowest BCUT2D eigenvalue weighted by Crippen LogP contribution is -2.12. The van der Waals surface area contributed by atoms with Crippen LogP contribution in [0.4, 0.5) is 38.0 Å². The first-order valence-electron chi connectivity index (χ1n) is 24.6. The number of aromatic amines is 1. The minimum atomic E-state index is -4.48. The number of nitrogens with one attached hydrogen (secondary N) is 3. The van der Waals surface area contributed by atoms with Crippen molar-refractivity contribution < 1.29 is 34.8 Å². The van der Waals surface area contributed by atoms with E-state index in [9.17, 15) is 34.8 Å². The van der Waals surface area contributed by atoms with Gasteiger partial charge in [-0.15, -0.1) is 0 Å². The Morgan fingerprint density at radius 3 is 1.53 bits per heavy atom. The molecule has 0 saturated heterocycles. The number of fused-ring (bicyclic) bond motifs is 2. The molecule has 1 aromatic carbocycles. The largest absolute Gasteiger partial charge is 0.433 e. The van der Waals surface area contributed by atoms with Gasteiger partial charge in [-0.3, -0.25) is 9.97 Å². The normalized spacial score (nSPS) is 14.6. The van der Waals surface area contributed by atoms with Crippen LogP contribution in [0.25, 0.3) is 22.1 Å². The number of rotatable bonds is 14. The van der Waals surface area contributed by atoms with Gasteiger partial charge in [0.05, 0.1) is 16.3 Å². The maximum atomic E-state index is 13.7. The lowest BCUT2D eigenvalue weighted by molar-refractivity contribution is -0.142. The van der Waals surface area contributed by atoms with E-state index in [1.54, 1.807) is 55.1 Å². The first-order chi connectivity index (χ1) is 36.2. The van der Waals surface area contributed by atoms with Gasteiger partial charge in [-0.25, -0.2) is 42.3 Å². The average molecular weight is 1050 g/mol. The van der Waals surface area contributed by atoms with E-state index in [1.807, 2.05) is 30.6 Å². The van der Waals surface area contributed by atoms with Crippen molar-refractivity contribution in [3.05, 3.63) is 185 Å². The van der Waals surface area contributed by atoms with Gasteiger partial charge in [-0.2, -0.15) is 26.3 Å². The molecule has 8 heterocycles. The summed E-state index contributed by atoms with van der Waals surface area (Å²) < 4.78 is 105. The summed E-state index contributed by atoms with van der Waals surface area (Å²) in [6.45, 7) is 0.590. The second-order valence-corrected chi connectivity index (χ2v) is 20.6. The van der Waals surface area contributed by atoms with Crippen LogP contribution in [-0.2, 0) is 48.3 Å². The number of aromatic nitrogens is 10. The second-order valence-electron chi connectivity index (χ2n) is 18.7. The van der Waals surface area contributed by atoms with Gasteiger partial charge in [-0.05, 0) is 95.5 Å². The molecule has 0 spiro atoms. The van der Waals surface area contributed by atoms with E-state index in [0.717, 1.165) is 87.9 Å². The number of benzene rings is 1. The summed E-state index contributed by atoms with van der Waals surface area (Å²) in [4.78, 5) is 37.4. The lowest BCUT2D eigenvalue weighted by atomic mass is 9.97. The summed E-state index contributed by atoms with van der Waals surface area (Å²) in [7, 11) is -3.90. The number of pyridine rings is 4. The predicted molar refractivity (Wildman–Crippen MR) is 270 cm³/mol. The van der Waals surface area contributed by atoms with Crippen LogP contribution in [0.1, 0.15) is 119 Å². The maximum absolute atomic E-state index is 13.7. The highest BCUT2D eigenvalue weighted by Crippen LogP contribution is 2.40. The van der Waals surface area contributed by atoms with E-state index in [4.69, 9.17) is 0 Å². The average Bonchev–Trinajstić information content (AvgIpc) is 4.29. The summed E-state index contributed by atoms with van der Waals surface area (Å²) in [5.41, 5.74) is 6.52. The third-order valence-electron chi connectivity index (χ3n) is 13.6. The van der Waals surface area contributed by atoms with Crippen LogP contribution >= 0.6 is 0 Å². The Kier molecular flexibility index (Phi) is 14.6. The van der Waals surface area contributed by atoms with Crippen molar-refractivity contribution in [1.82, 2.24) is 48.8 Å². The predicted octanol–water partition coefficient (Wildman–Crippen LogP) is 12.0. The number of nitrogens with zero attached hydrogens (tertiary/aromatic N) is 9. The second kappa shape index (κ2) is 21.6. The Labute approximate surface area is 427 Å². The zero-order valence-electron chi connectivity index (χ0n) is 40.3. The molecule has 0 unspecified atom stereocenters. The third-order valence-corrected chi connectivity index (χ3v) is 15.3. The van der Waals surface area contributed by atoms with Crippen LogP contribution in [0.2, 0.25) is 0 Å². The Hall–Kier alpha value is -7.81. The van der Waals surface area contributed by atoms with Gasteiger partial charge >= 0.3 is 12.4 Å². The van der Waals surface area contributed by atoms with Gasteiger partial charge in [0, 0.05) is 85.7 Å². The van der Waals surface area contributed by atoms with E-state index >= 15 is 0 Å². The van der Waals surface area contributed by atoms with Crippen LogP contribution in [0.15, 0.2) is 134 Å². The zero-order valence-corrected chi connectivity index (χ0v) is 41.1. The Morgan fingerprint density at radius 2 is 1.04 bits per heavy atom. The van der Waals surface area contributed by atoms with Gasteiger partial charge in [0.15, 0.2) is 5.65 Å². The van der Waals surface area contributed by atoms with Crippen LogP contribution in [0, 0.1) is 0 Å². The molecule has 2 aliphatic carbocycles. The fourth-order valence-electron chi connectivity index (χ4n) is 9.85. The molecule has 0 amide bonds. The van der Waals surface area contributed by atoms with Crippen LogP contribution < -0.4 is 10.6 Å². The Balaban J connectivity index is 0.000000176. The molecule has 386 valence electrons. The summed E-state index contributed by atoms with van der Waals surface area (Å²) in [6, 6.07) is 20.5. The molecule has 3 N–H and O–H groups in total. The van der Waals surface area contributed by atoms with Crippen molar-refractivity contribution in [2.24, 2.45) is 0 Å². The molecule has 75 heavy (non-hydrogen) atoms. The molecule has 0 radical (unpaired) electrons. The van der Waals surface area contributed by atoms with E-state index in [0.29, 0.717) is 53.7 Å². The molecule has 0 aliphatic heterocycles. The van der Waals surface area contributed by atoms with Crippen LogP contribution in [0.5, 0.6) is 0 Å². The highest BCUT2D eigenvalue weighted by molar-refractivity contribution is 7.90. The van der Waals surface area contributed by atoms with Gasteiger partial charge in [0.25, 0.3) is 10.0 Å². The zero-order chi connectivity index (χ0) is 52.2. The molecule has 0 bridgehead atoms. The number of hydrogen-bond acceptors (Lipinski definition) is 12. The Morgan fingerprint density at radius 1 is 0.547 bits per heavy atom. The highest BCUT2D eigenvalue weighted by atomic mass is 32.2. The highest BCUT2D eigenvalue weighted by Gasteiger charge is 2.33. The van der Waals surface area contributed by atoms with Gasteiger partial charge in [0.1, 0.15) is 41.3 Å². The van der Waals surface area contributed by atoms with Crippen molar-refractivity contribution in [2.75, 3.05) is 10.6 Å². The fourth-order valence-corrected chi connectivity index (χ4v) is 11.2. The molecule has 2 aliphatic rings. The van der Waals surface area contributed by atoms with Crippen molar-refractivity contribution in [3.63, 3.8) is 0 Å². The van der Waals surface area contributed by atoms with Crippen molar-refractivity contribution in [3.8, 4) is 0 Å². The van der Waals surface area contributed by atoms with Crippen LogP contribution in [-0.4, -0.2) is 57.2 Å². The molecule has 14 nitrogen and oxygen atoms in total. The minimum absolute atomic E-state index is 0.176. The summed E-state index contributed by atoms with van der Waals surface area (Å²) in [5, 5.41) is 8.11. The summed E-state index contributed by atoms with van der Waals surface area (Å²) >= 11 is 0. The molecular formula is C54H50F6N12O2S. The smallest absolute Gasteiger partial charge is 0.366 e. The number of halogens is 6.